The van der Waals surface area contributed by atoms with Crippen LogP contribution in [0.25, 0.3) is 0 Å². The Hall–Kier alpha value is -3.39. The first kappa shape index (κ1) is 55.6. The molecule has 0 bridgehead atoms. The molecule has 0 spiro atoms. The highest BCUT2D eigenvalue weighted by Crippen LogP contribution is 2.14. The fourth-order valence-corrected chi connectivity index (χ4v) is 7.22. The SMILES string of the molecule is CC(=O)[C@@H](C)CCCCNC(=O)COCCOCCCC(=O)COCCOCCNC(=O)CCCS(=O)(=O)NC(=O)CCCCCCCCCCCCCCCc1nn[nH]n1. The highest BCUT2D eigenvalue weighted by atomic mass is 32.2. The first-order chi connectivity index (χ1) is 29.5. The second-order valence-electron chi connectivity index (χ2n) is 15.6. The quantitative estimate of drug-likeness (QED) is 0.0661. The van der Waals surface area contributed by atoms with Gasteiger partial charge in [0.1, 0.15) is 19.0 Å². The Morgan fingerprint density at radius 3 is 1.80 bits per heavy atom. The molecule has 0 aliphatic carbocycles. The predicted molar refractivity (Wildman–Crippen MR) is 231 cm³/mol. The third kappa shape index (κ3) is 36.9. The number of aromatic nitrogens is 4. The number of carbonyl (C=O) groups is 5. The zero-order chi connectivity index (χ0) is 44.7. The molecule has 0 fully saturated rings. The molecule has 0 saturated heterocycles. The number of ether oxygens (including phenoxy) is 4. The average Bonchev–Trinajstić information content (AvgIpc) is 3.74. The zero-order valence-electron chi connectivity index (χ0n) is 37.2. The number of nitrogens with one attached hydrogen (secondary N) is 4. The first-order valence-corrected chi connectivity index (χ1v) is 24.3. The van der Waals surface area contributed by atoms with Crippen LogP contribution >= 0.6 is 0 Å². The summed E-state index contributed by atoms with van der Waals surface area (Å²) in [5.41, 5.74) is 0. The van der Waals surface area contributed by atoms with Gasteiger partial charge in [0, 0.05) is 51.3 Å². The normalized spacial score (nSPS) is 12.0. The summed E-state index contributed by atoms with van der Waals surface area (Å²) in [6.45, 7) is 5.89. The van der Waals surface area contributed by atoms with E-state index in [4.69, 9.17) is 18.9 Å². The van der Waals surface area contributed by atoms with Crippen LogP contribution in [-0.2, 0) is 59.4 Å². The van der Waals surface area contributed by atoms with Crippen LogP contribution < -0.4 is 15.4 Å². The topological polar surface area (TPSA) is 247 Å². The number of hydrogen-bond donors (Lipinski definition) is 4. The van der Waals surface area contributed by atoms with Crippen LogP contribution in [0.1, 0.15) is 155 Å². The van der Waals surface area contributed by atoms with Crippen LogP contribution in [0.3, 0.4) is 0 Å². The molecule has 352 valence electrons. The Bertz CT molecular complexity index is 1400. The van der Waals surface area contributed by atoms with E-state index >= 15 is 0 Å². The summed E-state index contributed by atoms with van der Waals surface area (Å²) in [5.74, 6) is -0.350. The molecule has 61 heavy (non-hydrogen) atoms. The van der Waals surface area contributed by atoms with Crippen LogP contribution in [0, 0.1) is 5.92 Å². The van der Waals surface area contributed by atoms with Gasteiger partial charge >= 0.3 is 0 Å². The second-order valence-corrected chi connectivity index (χ2v) is 17.4. The number of carbonyl (C=O) groups excluding carboxylic acids is 5. The maximum absolute atomic E-state index is 12.3. The van der Waals surface area contributed by atoms with Gasteiger partial charge in [-0.2, -0.15) is 5.21 Å². The van der Waals surface area contributed by atoms with Crippen molar-refractivity contribution in [3.8, 4) is 0 Å². The molecular weight excluding hydrogens is 811 g/mol. The summed E-state index contributed by atoms with van der Waals surface area (Å²) in [6.07, 6.45) is 19.2. The minimum absolute atomic E-state index is 0.00698. The molecule has 1 aromatic rings. The van der Waals surface area contributed by atoms with Crippen molar-refractivity contribution in [3.63, 3.8) is 0 Å². The monoisotopic (exact) mass is 888 g/mol. The number of H-pyrrole nitrogens is 1. The van der Waals surface area contributed by atoms with Crippen LogP contribution in [0.2, 0.25) is 0 Å². The van der Waals surface area contributed by atoms with Crippen LogP contribution in [0.15, 0.2) is 0 Å². The molecule has 0 unspecified atom stereocenters. The third-order valence-electron chi connectivity index (χ3n) is 9.91. The Morgan fingerprint density at radius 1 is 0.590 bits per heavy atom. The number of sulfonamides is 1. The molecule has 1 rings (SSSR count). The molecule has 4 N–H and O–H groups in total. The molecule has 19 heteroatoms. The molecule has 1 aromatic heterocycles. The van der Waals surface area contributed by atoms with Gasteiger partial charge in [0.25, 0.3) is 0 Å². The Kier molecular flexibility index (Phi) is 34.9. The van der Waals surface area contributed by atoms with Gasteiger partial charge < -0.3 is 29.6 Å². The van der Waals surface area contributed by atoms with Gasteiger partial charge in [-0.25, -0.2) is 8.42 Å². The van der Waals surface area contributed by atoms with Crippen LogP contribution in [-0.4, -0.2) is 130 Å². The van der Waals surface area contributed by atoms with Crippen molar-refractivity contribution in [2.45, 2.75) is 155 Å². The molecule has 18 nitrogen and oxygen atoms in total. The summed E-state index contributed by atoms with van der Waals surface area (Å²) in [5, 5.41) is 19.4. The van der Waals surface area contributed by atoms with Crippen LogP contribution in [0.5, 0.6) is 0 Å². The van der Waals surface area contributed by atoms with Gasteiger partial charge in [0.05, 0.1) is 38.8 Å². The van der Waals surface area contributed by atoms with Crippen molar-refractivity contribution in [2.75, 3.05) is 71.7 Å². The van der Waals surface area contributed by atoms with E-state index in [1.165, 1.54) is 51.4 Å². The standard InChI is InChI=1S/C42H77N7O11S/c1-36(37(2)50)20-16-17-25-43-42(54)35-60-32-29-57-27-18-21-38(51)34-59-31-30-58-28-26-44-40(52)24-19-33-61(55,56)47-41(53)23-15-13-11-9-7-5-3-4-6-8-10-12-14-22-39-45-48-49-46-39/h36H,3-35H2,1-2H3,(H,43,54)(H,44,52)(H,47,53)(H,45,46,48,49)/t36-/m0/s1. The van der Waals surface area contributed by atoms with E-state index in [2.05, 4.69) is 36.0 Å². The van der Waals surface area contributed by atoms with Crippen molar-refractivity contribution in [3.05, 3.63) is 5.82 Å². The molecule has 1 heterocycles. The molecule has 0 aliphatic heterocycles. The largest absolute Gasteiger partial charge is 0.379 e. The highest BCUT2D eigenvalue weighted by Gasteiger charge is 2.15. The van der Waals surface area contributed by atoms with Gasteiger partial charge in [-0.15, -0.1) is 10.2 Å². The van der Waals surface area contributed by atoms with Crippen molar-refractivity contribution in [2.24, 2.45) is 5.92 Å². The fraction of sp³-hybridized carbons (Fsp3) is 0.857. The summed E-state index contributed by atoms with van der Waals surface area (Å²) in [6, 6.07) is 0. The lowest BCUT2D eigenvalue weighted by molar-refractivity contribution is -0.127. The smallest absolute Gasteiger partial charge is 0.245 e. The van der Waals surface area contributed by atoms with Gasteiger partial charge in [-0.05, 0) is 45.4 Å². The number of amides is 3. The van der Waals surface area contributed by atoms with Crippen molar-refractivity contribution in [1.82, 2.24) is 36.0 Å². The molecule has 0 aromatic carbocycles. The number of hydrogen-bond acceptors (Lipinski definition) is 14. The summed E-state index contributed by atoms with van der Waals surface area (Å²) < 4.78 is 48.1. The van der Waals surface area contributed by atoms with Gasteiger partial charge in [-0.3, -0.25) is 28.7 Å². The van der Waals surface area contributed by atoms with Gasteiger partial charge in [0.2, 0.25) is 27.7 Å². The number of unbranched alkanes of at least 4 members (excludes halogenated alkanes) is 13. The lowest BCUT2D eigenvalue weighted by Crippen LogP contribution is -2.33. The van der Waals surface area contributed by atoms with E-state index in [9.17, 15) is 32.4 Å². The number of nitrogens with zero attached hydrogens (tertiary/aromatic N) is 3. The molecule has 0 saturated carbocycles. The predicted octanol–water partition coefficient (Wildman–Crippen LogP) is 4.47. The Morgan fingerprint density at radius 2 is 1.16 bits per heavy atom. The molecule has 0 radical (unpaired) electrons. The van der Waals surface area contributed by atoms with Gasteiger partial charge in [0.15, 0.2) is 11.6 Å². The maximum atomic E-state index is 12.3. The lowest BCUT2D eigenvalue weighted by Gasteiger charge is -2.09. The number of tetrazole rings is 1. The maximum Gasteiger partial charge on any atom is 0.245 e. The number of ketones is 2. The first-order valence-electron chi connectivity index (χ1n) is 22.6. The van der Waals surface area contributed by atoms with E-state index in [0.717, 1.165) is 57.2 Å². The second kappa shape index (κ2) is 38.3. The summed E-state index contributed by atoms with van der Waals surface area (Å²) >= 11 is 0. The van der Waals surface area contributed by atoms with Gasteiger partial charge in [-0.1, -0.05) is 89.2 Å². The fourth-order valence-electron chi connectivity index (χ4n) is 6.14. The zero-order valence-corrected chi connectivity index (χ0v) is 38.0. The highest BCUT2D eigenvalue weighted by molar-refractivity contribution is 7.90. The lowest BCUT2D eigenvalue weighted by atomic mass is 10.0. The number of Topliss-reactive ketones (excluding diaryl/α,β-unsaturated/α-hetero) is 2. The minimum Gasteiger partial charge on any atom is -0.379 e. The average molecular weight is 888 g/mol. The summed E-state index contributed by atoms with van der Waals surface area (Å²) in [4.78, 5) is 59.2. The van der Waals surface area contributed by atoms with Crippen LogP contribution in [0.4, 0.5) is 0 Å². The molecule has 1 atom stereocenters. The van der Waals surface area contributed by atoms with E-state index in [0.29, 0.717) is 39.0 Å². The Balaban J connectivity index is 1.84. The third-order valence-corrected chi connectivity index (χ3v) is 11.3. The molecule has 3 amide bonds. The minimum atomic E-state index is -3.80. The van der Waals surface area contributed by atoms with Crippen molar-refractivity contribution in [1.29, 1.82) is 0 Å². The summed E-state index contributed by atoms with van der Waals surface area (Å²) in [7, 11) is -3.80. The number of aryl methyl sites for hydroxylation is 1. The van der Waals surface area contributed by atoms with E-state index in [-0.39, 0.29) is 101 Å². The number of rotatable bonds is 44. The van der Waals surface area contributed by atoms with Crippen molar-refractivity contribution < 1.29 is 51.3 Å². The van der Waals surface area contributed by atoms with E-state index in [1.807, 2.05) is 6.92 Å². The van der Waals surface area contributed by atoms with Crippen molar-refractivity contribution >= 4 is 39.3 Å². The van der Waals surface area contributed by atoms with E-state index in [1.54, 1.807) is 6.92 Å². The van der Waals surface area contributed by atoms with E-state index < -0.39 is 15.9 Å². The number of aromatic amines is 1. The Labute approximate surface area is 364 Å². The molecule has 0 aliphatic rings. The molecular formula is C42H77N7O11S.